The van der Waals surface area contributed by atoms with Gasteiger partial charge in [-0.3, -0.25) is 0 Å². The zero-order valence-electron chi connectivity index (χ0n) is 17.2. The van der Waals surface area contributed by atoms with E-state index in [2.05, 4.69) is 15.4 Å². The molecule has 1 fully saturated rings. The molecule has 6 rings (SSSR count). The number of hydrogen-bond donors (Lipinski definition) is 2. The van der Waals surface area contributed by atoms with Crippen molar-refractivity contribution in [2.24, 2.45) is 0 Å². The average Bonchev–Trinajstić information content (AvgIpc) is 3.60. The van der Waals surface area contributed by atoms with Gasteiger partial charge in [-0.2, -0.15) is 4.98 Å². The summed E-state index contributed by atoms with van der Waals surface area (Å²) >= 11 is 0. The zero-order valence-corrected chi connectivity index (χ0v) is 17.2. The minimum Gasteiger partial charge on any atom is -0.457 e. The van der Waals surface area contributed by atoms with Crippen LogP contribution in [0, 0.1) is 0 Å². The lowest BCUT2D eigenvalue weighted by molar-refractivity contribution is 0.0535. The number of carbonyl (C=O) groups excluding carboxylic acids is 1. The number of nitrogens with one attached hydrogen (secondary N) is 1. The lowest BCUT2D eigenvalue weighted by Gasteiger charge is -2.23. The van der Waals surface area contributed by atoms with Crippen molar-refractivity contribution in [2.75, 3.05) is 23.4 Å². The Morgan fingerprint density at radius 1 is 1.28 bits per heavy atom. The largest absolute Gasteiger partial charge is 0.457 e. The molecule has 0 spiro atoms. The molecule has 0 radical (unpaired) electrons. The van der Waals surface area contributed by atoms with E-state index in [-0.39, 0.29) is 18.6 Å². The number of cyclic esters (lactones) is 1. The summed E-state index contributed by atoms with van der Waals surface area (Å²) in [7, 11) is 0. The fourth-order valence-corrected chi connectivity index (χ4v) is 4.34. The number of nitrogens with zero attached hydrogens (tertiary/aromatic N) is 6. The number of rotatable bonds is 5. The van der Waals surface area contributed by atoms with Crippen LogP contribution < -0.4 is 10.2 Å². The molecule has 0 amide bonds. The second kappa shape index (κ2) is 7.34. The highest BCUT2D eigenvalue weighted by Crippen LogP contribution is 2.27. The third kappa shape index (κ3) is 3.07. The third-order valence-corrected chi connectivity index (χ3v) is 6.02. The second-order valence-electron chi connectivity index (χ2n) is 7.98. The van der Waals surface area contributed by atoms with Crippen LogP contribution in [0.3, 0.4) is 0 Å². The molecule has 1 aromatic carbocycles. The first-order chi connectivity index (χ1) is 15.7. The van der Waals surface area contributed by atoms with E-state index in [0.717, 1.165) is 36.2 Å². The molecule has 1 saturated heterocycles. The molecule has 1 atom stereocenters. The molecule has 2 N–H and O–H groups in total. The third-order valence-electron chi connectivity index (χ3n) is 6.02. The van der Waals surface area contributed by atoms with Crippen molar-refractivity contribution in [1.29, 1.82) is 0 Å². The lowest BCUT2D eigenvalue weighted by atomic mass is 10.1. The fourth-order valence-electron chi connectivity index (χ4n) is 4.34. The minimum atomic E-state index is -0.299. The second-order valence-corrected chi connectivity index (χ2v) is 7.98. The molecule has 0 bridgehead atoms. The standard InChI is InChI=1S/C22H21N7O3/c30-11-16-3-1-7-28(16)22-25-20(18-4-2-8-29(18)26-22)24-19-10-27(13-23-19)15-6-5-14-12-32-21(31)17(14)9-15/h2,4-6,8-10,13,16,30H,1,3,7,11-12H2,(H,24,25,26)/t16-/m0/s1. The van der Waals surface area contributed by atoms with Crippen LogP contribution in [0.15, 0.2) is 49.1 Å². The highest BCUT2D eigenvalue weighted by molar-refractivity contribution is 5.94. The molecule has 0 saturated carbocycles. The van der Waals surface area contributed by atoms with Gasteiger partial charge in [0.05, 0.1) is 24.4 Å². The van der Waals surface area contributed by atoms with Crippen molar-refractivity contribution in [3.8, 4) is 5.69 Å². The smallest absolute Gasteiger partial charge is 0.338 e. The zero-order chi connectivity index (χ0) is 21.7. The Morgan fingerprint density at radius 2 is 2.22 bits per heavy atom. The highest BCUT2D eigenvalue weighted by Gasteiger charge is 2.27. The van der Waals surface area contributed by atoms with Gasteiger partial charge in [0.2, 0.25) is 5.95 Å². The highest BCUT2D eigenvalue weighted by atomic mass is 16.5. The van der Waals surface area contributed by atoms with E-state index in [9.17, 15) is 9.90 Å². The van der Waals surface area contributed by atoms with Gasteiger partial charge in [-0.25, -0.2) is 14.3 Å². The Balaban J connectivity index is 1.32. The van der Waals surface area contributed by atoms with Gasteiger partial charge in [0.25, 0.3) is 0 Å². The van der Waals surface area contributed by atoms with Crippen LogP contribution >= 0.6 is 0 Å². The summed E-state index contributed by atoms with van der Waals surface area (Å²) in [5.74, 6) is 1.52. The Labute approximate surface area is 183 Å². The molecule has 3 aromatic heterocycles. The van der Waals surface area contributed by atoms with Crippen molar-refractivity contribution in [1.82, 2.24) is 24.1 Å². The predicted molar refractivity (Wildman–Crippen MR) is 116 cm³/mol. The molecule has 162 valence electrons. The first-order valence-electron chi connectivity index (χ1n) is 10.5. The number of hydrogen-bond acceptors (Lipinski definition) is 8. The van der Waals surface area contributed by atoms with E-state index in [0.29, 0.717) is 29.8 Å². The number of imidazole rings is 1. The van der Waals surface area contributed by atoms with Gasteiger partial charge < -0.3 is 24.6 Å². The molecule has 4 aromatic rings. The lowest BCUT2D eigenvalue weighted by Crippen LogP contribution is -2.34. The molecule has 32 heavy (non-hydrogen) atoms. The van der Waals surface area contributed by atoms with Gasteiger partial charge >= 0.3 is 5.97 Å². The van der Waals surface area contributed by atoms with Crippen molar-refractivity contribution < 1.29 is 14.6 Å². The normalized spacial score (nSPS) is 17.7. The number of aromatic nitrogens is 5. The summed E-state index contributed by atoms with van der Waals surface area (Å²) in [5.41, 5.74) is 3.13. The number of aliphatic hydroxyl groups excluding tert-OH is 1. The van der Waals surface area contributed by atoms with Crippen LogP contribution in [0.5, 0.6) is 0 Å². The van der Waals surface area contributed by atoms with Gasteiger partial charge in [0.1, 0.15) is 24.3 Å². The number of esters is 1. The predicted octanol–water partition coefficient (Wildman–Crippen LogP) is 2.29. The van der Waals surface area contributed by atoms with Crippen LogP contribution in [0.4, 0.5) is 17.6 Å². The number of benzene rings is 1. The Hall–Kier alpha value is -3.92. The van der Waals surface area contributed by atoms with E-state index in [1.165, 1.54) is 0 Å². The minimum absolute atomic E-state index is 0.0292. The van der Waals surface area contributed by atoms with E-state index >= 15 is 0 Å². The molecule has 2 aliphatic heterocycles. The van der Waals surface area contributed by atoms with E-state index in [4.69, 9.17) is 9.72 Å². The number of carbonyl (C=O) groups is 1. The molecule has 0 unspecified atom stereocenters. The topological polar surface area (TPSA) is 110 Å². The quantitative estimate of drug-likeness (QED) is 0.463. The number of ether oxygens (including phenoxy) is 1. The average molecular weight is 431 g/mol. The van der Waals surface area contributed by atoms with Crippen LogP contribution in [0.1, 0.15) is 28.8 Å². The van der Waals surface area contributed by atoms with Crippen LogP contribution in [-0.4, -0.2) is 54.4 Å². The van der Waals surface area contributed by atoms with Crippen molar-refractivity contribution in [3.63, 3.8) is 0 Å². The Bertz CT molecular complexity index is 1330. The summed E-state index contributed by atoms with van der Waals surface area (Å²) in [6.45, 7) is 1.21. The maximum Gasteiger partial charge on any atom is 0.338 e. The molecular weight excluding hydrogens is 410 g/mol. The summed E-state index contributed by atoms with van der Waals surface area (Å²) < 4.78 is 8.71. The molecule has 10 nitrogen and oxygen atoms in total. The molecule has 0 aliphatic carbocycles. The Kier molecular flexibility index (Phi) is 4.32. The van der Waals surface area contributed by atoms with Crippen LogP contribution in [0.25, 0.3) is 11.2 Å². The van der Waals surface area contributed by atoms with E-state index < -0.39 is 0 Å². The van der Waals surface area contributed by atoms with Crippen molar-refractivity contribution in [2.45, 2.75) is 25.5 Å². The number of anilines is 3. The van der Waals surface area contributed by atoms with Gasteiger partial charge in [-0.05, 0) is 37.1 Å². The molecular formula is C22H21N7O3. The van der Waals surface area contributed by atoms with Gasteiger partial charge in [0, 0.05) is 24.0 Å². The summed E-state index contributed by atoms with van der Waals surface area (Å²) in [6.07, 6.45) is 7.32. The van der Waals surface area contributed by atoms with E-state index in [1.54, 1.807) is 10.8 Å². The van der Waals surface area contributed by atoms with Gasteiger partial charge in [-0.1, -0.05) is 6.07 Å². The maximum atomic E-state index is 11.9. The van der Waals surface area contributed by atoms with E-state index in [1.807, 2.05) is 52.2 Å². The molecule has 2 aliphatic rings. The molecule has 10 heteroatoms. The maximum absolute atomic E-state index is 11.9. The van der Waals surface area contributed by atoms with Crippen molar-refractivity contribution in [3.05, 3.63) is 60.2 Å². The molecule has 5 heterocycles. The van der Waals surface area contributed by atoms with Crippen LogP contribution in [0.2, 0.25) is 0 Å². The monoisotopic (exact) mass is 431 g/mol. The summed E-state index contributed by atoms with van der Waals surface area (Å²) in [6, 6.07) is 9.52. The SMILES string of the molecule is O=C1OCc2ccc(-n3cnc(Nc4nc(N5CCC[C@H]5CO)nn5cccc45)c3)cc21. The van der Waals surface area contributed by atoms with Gasteiger partial charge in [-0.15, -0.1) is 5.10 Å². The first-order valence-corrected chi connectivity index (χ1v) is 10.5. The summed E-state index contributed by atoms with van der Waals surface area (Å²) in [4.78, 5) is 23.1. The van der Waals surface area contributed by atoms with Gasteiger partial charge in [0.15, 0.2) is 5.82 Å². The number of fused-ring (bicyclic) bond motifs is 2. The van der Waals surface area contributed by atoms with Crippen LogP contribution in [-0.2, 0) is 11.3 Å². The van der Waals surface area contributed by atoms with Crippen molar-refractivity contribution >= 4 is 29.1 Å². The number of aliphatic hydroxyl groups is 1. The summed E-state index contributed by atoms with van der Waals surface area (Å²) in [5, 5.41) is 17.6. The fraction of sp³-hybridized carbons (Fsp3) is 0.273. The first kappa shape index (κ1) is 18.8. The Morgan fingerprint density at radius 3 is 3.12 bits per heavy atom.